The first-order valence-corrected chi connectivity index (χ1v) is 8.43. The maximum Gasteiger partial charge on any atom is 0.417 e. The highest BCUT2D eigenvalue weighted by Gasteiger charge is 2.40. The van der Waals surface area contributed by atoms with Gasteiger partial charge in [-0.25, -0.2) is 9.97 Å². The third kappa shape index (κ3) is 3.49. The van der Waals surface area contributed by atoms with Crippen LogP contribution in [0, 0.1) is 0 Å². The topological polar surface area (TPSA) is 68.9 Å². The Hall–Kier alpha value is -2.96. The maximum atomic E-state index is 13.8. The van der Waals surface area contributed by atoms with E-state index in [2.05, 4.69) is 9.97 Å². The first kappa shape index (κ1) is 18.8. The fourth-order valence-corrected chi connectivity index (χ4v) is 3.54. The first-order chi connectivity index (χ1) is 12.8. The van der Waals surface area contributed by atoms with Gasteiger partial charge >= 0.3 is 6.18 Å². The summed E-state index contributed by atoms with van der Waals surface area (Å²) in [6, 6.07) is 4.10. The number of primary amides is 1. The molecule has 0 spiro atoms. The second-order valence-electron chi connectivity index (χ2n) is 6.45. The lowest BCUT2D eigenvalue weighted by molar-refractivity contribution is -0.137. The van der Waals surface area contributed by atoms with Gasteiger partial charge < -0.3 is 5.73 Å². The number of nitrogens with two attached hydrogens (primary N) is 1. The summed E-state index contributed by atoms with van der Waals surface area (Å²) in [6.07, 6.45) is 5.30. The lowest BCUT2D eigenvalue weighted by Crippen LogP contribution is -2.30. The van der Waals surface area contributed by atoms with Crippen LogP contribution >= 0.6 is 0 Å². The molecule has 1 heterocycles. The van der Waals surface area contributed by atoms with Gasteiger partial charge in [0.2, 0.25) is 5.91 Å². The lowest BCUT2D eigenvalue weighted by atomic mass is 9.68. The lowest BCUT2D eigenvalue weighted by Gasteiger charge is -2.35. The minimum absolute atomic E-state index is 0.0304. The molecule has 0 aliphatic heterocycles. The fraction of sp³-hybridized carbons (Fsp3) is 0.250. The van der Waals surface area contributed by atoms with E-state index in [1.807, 2.05) is 13.0 Å². The van der Waals surface area contributed by atoms with E-state index < -0.39 is 23.1 Å². The molecule has 1 aromatic heterocycles. The smallest absolute Gasteiger partial charge is 0.366 e. The monoisotopic (exact) mass is 373 g/mol. The van der Waals surface area contributed by atoms with Crippen LogP contribution in [0.3, 0.4) is 0 Å². The predicted molar refractivity (Wildman–Crippen MR) is 95.5 cm³/mol. The van der Waals surface area contributed by atoms with Crippen molar-refractivity contribution in [3.63, 3.8) is 0 Å². The van der Waals surface area contributed by atoms with E-state index in [1.54, 1.807) is 18.2 Å². The van der Waals surface area contributed by atoms with Gasteiger partial charge in [0.15, 0.2) is 0 Å². The fourth-order valence-electron chi connectivity index (χ4n) is 3.54. The zero-order valence-electron chi connectivity index (χ0n) is 14.6. The molecule has 1 aromatic carbocycles. The van der Waals surface area contributed by atoms with E-state index in [0.29, 0.717) is 17.6 Å². The largest absolute Gasteiger partial charge is 0.417 e. The van der Waals surface area contributed by atoms with Crippen molar-refractivity contribution in [2.45, 2.75) is 31.4 Å². The molecule has 0 radical (unpaired) electrons. The molecule has 1 aliphatic rings. The molecule has 0 saturated carbocycles. The summed E-state index contributed by atoms with van der Waals surface area (Å²) in [7, 11) is 0. The van der Waals surface area contributed by atoms with E-state index in [1.165, 1.54) is 24.8 Å². The zero-order chi connectivity index (χ0) is 19.7. The number of carbonyl (C=O) groups excluding carboxylic acids is 1. The number of nitrogens with zero attached hydrogens (tertiary/aromatic N) is 2. The molecule has 0 bridgehead atoms. The van der Waals surface area contributed by atoms with Gasteiger partial charge in [-0.3, -0.25) is 4.79 Å². The number of hydrogen-bond acceptors (Lipinski definition) is 3. The number of carbonyl (C=O) groups is 1. The number of alkyl halides is 3. The third-order valence-electron chi connectivity index (χ3n) is 4.92. The number of amides is 1. The van der Waals surface area contributed by atoms with Crippen LogP contribution in [0.25, 0.3) is 11.1 Å². The normalized spacial score (nSPS) is 19.6. The number of halogens is 3. The molecule has 140 valence electrons. The van der Waals surface area contributed by atoms with Gasteiger partial charge in [-0.15, -0.1) is 0 Å². The van der Waals surface area contributed by atoms with Gasteiger partial charge in [-0.05, 0) is 24.5 Å². The average molecular weight is 373 g/mol. The molecule has 3 rings (SSSR count). The van der Waals surface area contributed by atoms with Crippen molar-refractivity contribution < 1.29 is 18.0 Å². The highest BCUT2D eigenvalue weighted by Crippen LogP contribution is 2.47. The predicted octanol–water partition coefficient (Wildman–Crippen LogP) is 4.18. The van der Waals surface area contributed by atoms with E-state index in [0.717, 1.165) is 6.07 Å². The molecule has 7 heteroatoms. The molecular formula is C20H18F3N3O. The summed E-state index contributed by atoms with van der Waals surface area (Å²) in [5.41, 5.74) is 5.04. The number of allylic oxidation sites excluding steroid dienone is 3. The summed E-state index contributed by atoms with van der Waals surface area (Å²) in [5.74, 6) is -0.575. The van der Waals surface area contributed by atoms with Crippen LogP contribution in [0.5, 0.6) is 0 Å². The maximum absolute atomic E-state index is 13.8. The van der Waals surface area contributed by atoms with Gasteiger partial charge in [0, 0.05) is 34.5 Å². The second-order valence-corrected chi connectivity index (χ2v) is 6.45. The molecule has 1 unspecified atom stereocenters. The van der Waals surface area contributed by atoms with Crippen LogP contribution in [0.2, 0.25) is 0 Å². The standard InChI is InChI=1S/C20H18F3N3O/c1-2-19(8-4-5-13(9-19)18(24)27)15-6-3-7-16(20(21,22)23)17(15)14-10-25-12-26-11-14/h3-8,10-12H,2,9H2,1H3,(H2,24,27). The molecule has 0 fully saturated rings. The third-order valence-corrected chi connectivity index (χ3v) is 4.92. The number of hydrogen-bond donors (Lipinski definition) is 1. The van der Waals surface area contributed by atoms with E-state index in [-0.39, 0.29) is 17.5 Å². The Labute approximate surface area is 154 Å². The summed E-state index contributed by atoms with van der Waals surface area (Å²) in [6.45, 7) is 1.87. The Balaban J connectivity index is 2.29. The summed E-state index contributed by atoms with van der Waals surface area (Å²) < 4.78 is 41.3. The van der Waals surface area contributed by atoms with Crippen LogP contribution < -0.4 is 5.73 Å². The Morgan fingerprint density at radius 2 is 1.96 bits per heavy atom. The highest BCUT2D eigenvalue weighted by molar-refractivity contribution is 5.93. The van der Waals surface area contributed by atoms with Crippen molar-refractivity contribution in [1.29, 1.82) is 0 Å². The molecule has 1 atom stereocenters. The minimum Gasteiger partial charge on any atom is -0.366 e. The van der Waals surface area contributed by atoms with Crippen molar-refractivity contribution >= 4 is 5.91 Å². The molecule has 2 aromatic rings. The zero-order valence-corrected chi connectivity index (χ0v) is 14.6. The van der Waals surface area contributed by atoms with Crippen molar-refractivity contribution in [1.82, 2.24) is 9.97 Å². The van der Waals surface area contributed by atoms with Gasteiger partial charge in [-0.2, -0.15) is 13.2 Å². The molecule has 2 N–H and O–H groups in total. The number of aromatic nitrogens is 2. The Morgan fingerprint density at radius 1 is 1.26 bits per heavy atom. The van der Waals surface area contributed by atoms with E-state index in [4.69, 9.17) is 5.73 Å². The van der Waals surface area contributed by atoms with Gasteiger partial charge in [0.1, 0.15) is 6.33 Å². The highest BCUT2D eigenvalue weighted by atomic mass is 19.4. The summed E-state index contributed by atoms with van der Waals surface area (Å²) >= 11 is 0. The van der Waals surface area contributed by atoms with Gasteiger partial charge in [0.05, 0.1) is 5.56 Å². The number of benzene rings is 1. The quantitative estimate of drug-likeness (QED) is 0.874. The van der Waals surface area contributed by atoms with Crippen LogP contribution in [-0.4, -0.2) is 15.9 Å². The first-order valence-electron chi connectivity index (χ1n) is 8.43. The molecule has 27 heavy (non-hydrogen) atoms. The average Bonchev–Trinajstić information content (AvgIpc) is 2.67. The summed E-state index contributed by atoms with van der Waals surface area (Å²) in [4.78, 5) is 19.5. The van der Waals surface area contributed by atoms with Crippen LogP contribution in [-0.2, 0) is 16.4 Å². The van der Waals surface area contributed by atoms with Crippen LogP contribution in [0.4, 0.5) is 13.2 Å². The van der Waals surface area contributed by atoms with Crippen molar-refractivity contribution in [3.05, 3.63) is 71.8 Å². The summed E-state index contributed by atoms with van der Waals surface area (Å²) in [5, 5.41) is 0. The molecule has 1 amide bonds. The van der Waals surface area contributed by atoms with Crippen molar-refractivity contribution in [2.75, 3.05) is 0 Å². The Bertz CT molecular complexity index is 920. The van der Waals surface area contributed by atoms with E-state index in [9.17, 15) is 18.0 Å². The van der Waals surface area contributed by atoms with Crippen LogP contribution in [0.1, 0.15) is 30.9 Å². The van der Waals surface area contributed by atoms with Gasteiger partial charge in [0.25, 0.3) is 0 Å². The van der Waals surface area contributed by atoms with Gasteiger partial charge in [-0.1, -0.05) is 37.3 Å². The molecule has 1 aliphatic carbocycles. The van der Waals surface area contributed by atoms with E-state index >= 15 is 0 Å². The van der Waals surface area contributed by atoms with Crippen LogP contribution in [0.15, 0.2) is 60.7 Å². The molecular weight excluding hydrogens is 355 g/mol. The second kappa shape index (κ2) is 6.98. The Morgan fingerprint density at radius 3 is 2.56 bits per heavy atom. The van der Waals surface area contributed by atoms with Crippen molar-refractivity contribution in [3.8, 4) is 11.1 Å². The van der Waals surface area contributed by atoms with Crippen molar-refractivity contribution in [2.24, 2.45) is 5.73 Å². The number of rotatable bonds is 4. The SMILES string of the molecule is CCC1(c2cccc(C(F)(F)F)c2-c2cncnc2)C=CC=C(C(N)=O)C1. The minimum atomic E-state index is -4.54. The Kier molecular flexibility index (Phi) is 4.87. The molecule has 4 nitrogen and oxygen atoms in total. The molecule has 0 saturated heterocycles.